The van der Waals surface area contributed by atoms with Gasteiger partial charge in [0.2, 0.25) is 0 Å². The Morgan fingerprint density at radius 1 is 1.40 bits per heavy atom. The first kappa shape index (κ1) is 7.12. The summed E-state index contributed by atoms with van der Waals surface area (Å²) in [6.45, 7) is 6.19. The monoisotopic (exact) mass is 136 g/mol. The van der Waals surface area contributed by atoms with Gasteiger partial charge in [0.05, 0.1) is 11.9 Å². The number of aromatic nitrogens is 3. The van der Waals surface area contributed by atoms with Crippen LogP contribution < -0.4 is 0 Å². The van der Waals surface area contributed by atoms with Crippen molar-refractivity contribution in [2.24, 2.45) is 0 Å². The molecule has 3 heteroatoms. The zero-order valence-corrected chi connectivity index (χ0v) is 6.42. The van der Waals surface area contributed by atoms with Crippen LogP contribution in [0.25, 0.3) is 0 Å². The zero-order valence-electron chi connectivity index (χ0n) is 6.42. The third kappa shape index (κ3) is 1.50. The van der Waals surface area contributed by atoms with E-state index in [1.807, 2.05) is 0 Å². The maximum atomic E-state index is 3.83. The topological polar surface area (TPSA) is 38.7 Å². The molecule has 0 saturated carbocycles. The van der Waals surface area contributed by atoms with E-state index in [2.05, 4.69) is 42.2 Å². The summed E-state index contributed by atoms with van der Waals surface area (Å²) in [6, 6.07) is 2.92. The molecule has 0 atom stereocenters. The lowest BCUT2D eigenvalue weighted by molar-refractivity contribution is 0.549. The van der Waals surface area contributed by atoms with Crippen LogP contribution in [0.4, 0.5) is 0 Å². The molecule has 1 rings (SSSR count). The van der Waals surface area contributed by atoms with Crippen molar-refractivity contribution >= 4 is 0 Å². The van der Waals surface area contributed by atoms with Crippen molar-refractivity contribution in [3.63, 3.8) is 0 Å². The van der Waals surface area contributed by atoms with Gasteiger partial charge in [-0.15, -0.1) is 10.2 Å². The summed E-state index contributed by atoms with van der Waals surface area (Å²) in [7, 11) is 0. The molecule has 3 nitrogen and oxygen atoms in total. The predicted octanol–water partition coefficient (Wildman–Crippen LogP) is 0.969. The van der Waals surface area contributed by atoms with E-state index in [0.29, 0.717) is 0 Å². The number of nitrogens with zero attached hydrogens (tertiary/aromatic N) is 3. The first-order chi connectivity index (χ1) is 4.61. The van der Waals surface area contributed by atoms with Gasteiger partial charge in [0.15, 0.2) is 0 Å². The van der Waals surface area contributed by atoms with Crippen molar-refractivity contribution in [2.75, 3.05) is 0 Å². The highest BCUT2D eigenvalue weighted by Crippen LogP contribution is 2.16. The van der Waals surface area contributed by atoms with Crippen molar-refractivity contribution in [3.05, 3.63) is 18.0 Å². The van der Waals surface area contributed by atoms with Crippen LogP contribution >= 0.6 is 0 Å². The molecule has 0 spiro atoms. The molecule has 0 aliphatic heterocycles. The van der Waals surface area contributed by atoms with E-state index in [4.69, 9.17) is 0 Å². The molecule has 0 fully saturated rings. The molecule has 0 aliphatic rings. The summed E-state index contributed by atoms with van der Waals surface area (Å²) < 4.78 is 0. The van der Waals surface area contributed by atoms with Gasteiger partial charge in [0, 0.05) is 11.5 Å². The molecule has 53 valence electrons. The summed E-state index contributed by atoms with van der Waals surface area (Å²) >= 11 is 0. The van der Waals surface area contributed by atoms with Crippen LogP contribution in [0.1, 0.15) is 26.5 Å². The van der Waals surface area contributed by atoms with Crippen molar-refractivity contribution in [1.82, 2.24) is 15.4 Å². The minimum absolute atomic E-state index is 0.0237. The van der Waals surface area contributed by atoms with E-state index in [1.165, 1.54) is 6.20 Å². The molecule has 10 heavy (non-hydrogen) atoms. The van der Waals surface area contributed by atoms with E-state index in [0.717, 1.165) is 5.69 Å². The Kier molecular flexibility index (Phi) is 1.66. The number of hydrogen-bond acceptors (Lipinski definition) is 3. The molecule has 1 heterocycles. The molecular weight excluding hydrogens is 126 g/mol. The molecule has 0 aromatic carbocycles. The fourth-order valence-electron chi connectivity index (χ4n) is 0.582. The fraction of sp³-hybridized carbons (Fsp3) is 0.571. The van der Waals surface area contributed by atoms with E-state index in [9.17, 15) is 0 Å². The quantitative estimate of drug-likeness (QED) is 0.533. The summed E-state index contributed by atoms with van der Waals surface area (Å²) in [5, 5.41) is 10.9. The summed E-state index contributed by atoms with van der Waals surface area (Å²) in [4.78, 5) is 0. The Bertz CT molecular complexity index is 200. The Labute approximate surface area is 60.5 Å². The highest BCUT2D eigenvalue weighted by atomic mass is 15.3. The van der Waals surface area contributed by atoms with Gasteiger partial charge in [-0.1, -0.05) is 20.8 Å². The largest absolute Gasteiger partial charge is 0.138 e. The van der Waals surface area contributed by atoms with E-state index >= 15 is 0 Å². The van der Waals surface area contributed by atoms with Crippen LogP contribution in [-0.4, -0.2) is 15.4 Å². The highest BCUT2D eigenvalue weighted by Gasteiger charge is 2.15. The Balaban J connectivity index is 2.97. The third-order valence-corrected chi connectivity index (χ3v) is 1.17. The first-order valence-corrected chi connectivity index (χ1v) is 3.17. The lowest BCUT2D eigenvalue weighted by atomic mass is 9.92. The SMILES string of the molecule is CC(C)(C)c1[c]cnnn1. The maximum absolute atomic E-state index is 3.83. The second kappa shape index (κ2) is 2.33. The predicted molar refractivity (Wildman–Crippen MR) is 37.4 cm³/mol. The highest BCUT2D eigenvalue weighted by molar-refractivity contribution is 5.05. The molecule has 0 bridgehead atoms. The van der Waals surface area contributed by atoms with Crippen LogP contribution in [0.15, 0.2) is 6.20 Å². The first-order valence-electron chi connectivity index (χ1n) is 3.17. The molecule has 0 aliphatic carbocycles. The molecule has 0 saturated heterocycles. The van der Waals surface area contributed by atoms with Gasteiger partial charge in [-0.25, -0.2) is 0 Å². The van der Waals surface area contributed by atoms with E-state index < -0.39 is 0 Å². The lowest BCUT2D eigenvalue weighted by Gasteiger charge is -2.14. The normalized spacial score (nSPS) is 11.5. The molecule has 1 radical (unpaired) electrons. The van der Waals surface area contributed by atoms with Gasteiger partial charge in [-0.3, -0.25) is 0 Å². The van der Waals surface area contributed by atoms with Gasteiger partial charge in [0.25, 0.3) is 0 Å². The third-order valence-electron chi connectivity index (χ3n) is 1.17. The van der Waals surface area contributed by atoms with Gasteiger partial charge < -0.3 is 0 Å². The van der Waals surface area contributed by atoms with Gasteiger partial charge >= 0.3 is 0 Å². The van der Waals surface area contributed by atoms with Gasteiger partial charge in [0.1, 0.15) is 0 Å². The van der Waals surface area contributed by atoms with Crippen molar-refractivity contribution < 1.29 is 0 Å². The second-order valence-corrected chi connectivity index (χ2v) is 3.18. The van der Waals surface area contributed by atoms with Crippen molar-refractivity contribution in [2.45, 2.75) is 26.2 Å². The van der Waals surface area contributed by atoms with E-state index in [1.54, 1.807) is 0 Å². The smallest absolute Gasteiger partial charge is 0.0797 e. The Morgan fingerprint density at radius 3 is 2.40 bits per heavy atom. The minimum atomic E-state index is 0.0237. The number of hydrogen-bond donors (Lipinski definition) is 0. The lowest BCUT2D eigenvalue weighted by Crippen LogP contribution is -2.14. The molecule has 0 N–H and O–H groups in total. The van der Waals surface area contributed by atoms with Crippen LogP contribution in [-0.2, 0) is 5.41 Å². The molecule has 1 aromatic heterocycles. The molecule has 0 unspecified atom stereocenters. The van der Waals surface area contributed by atoms with Crippen LogP contribution in [0.3, 0.4) is 0 Å². The molecule has 1 aromatic rings. The Morgan fingerprint density at radius 2 is 2.10 bits per heavy atom. The van der Waals surface area contributed by atoms with Crippen LogP contribution in [0.5, 0.6) is 0 Å². The van der Waals surface area contributed by atoms with E-state index in [-0.39, 0.29) is 5.41 Å². The average molecular weight is 136 g/mol. The fourth-order valence-corrected chi connectivity index (χ4v) is 0.582. The maximum Gasteiger partial charge on any atom is 0.0797 e. The van der Waals surface area contributed by atoms with Crippen molar-refractivity contribution in [1.29, 1.82) is 0 Å². The summed E-state index contributed by atoms with van der Waals surface area (Å²) in [5.74, 6) is 0. The summed E-state index contributed by atoms with van der Waals surface area (Å²) in [6.07, 6.45) is 1.54. The summed E-state index contributed by atoms with van der Waals surface area (Å²) in [5.41, 5.74) is 0.873. The standard InChI is InChI=1S/C7H10N3/c1-7(2,3)6-4-5-8-10-9-6/h5H,1-3H3. The number of rotatable bonds is 0. The Hall–Kier alpha value is -0.990. The molecular formula is C7H10N3. The average Bonchev–Trinajstić information content (AvgIpc) is 1.88. The van der Waals surface area contributed by atoms with Crippen molar-refractivity contribution in [3.8, 4) is 0 Å². The van der Waals surface area contributed by atoms with Gasteiger partial charge in [-0.2, -0.15) is 0 Å². The van der Waals surface area contributed by atoms with Crippen LogP contribution in [0, 0.1) is 6.07 Å². The minimum Gasteiger partial charge on any atom is -0.138 e. The van der Waals surface area contributed by atoms with Gasteiger partial charge in [-0.05, 0) is 5.21 Å². The second-order valence-electron chi connectivity index (χ2n) is 3.18. The zero-order chi connectivity index (χ0) is 7.61. The van der Waals surface area contributed by atoms with Crippen LogP contribution in [0.2, 0.25) is 0 Å². The molecule has 0 amide bonds.